The Labute approximate surface area is 142 Å². The van der Waals surface area contributed by atoms with Crippen LogP contribution in [0.15, 0.2) is 24.3 Å². The van der Waals surface area contributed by atoms with Gasteiger partial charge in [0, 0.05) is 19.5 Å². The van der Waals surface area contributed by atoms with Crippen LogP contribution in [0, 0.1) is 5.92 Å². The van der Waals surface area contributed by atoms with Gasteiger partial charge in [0.1, 0.15) is 5.82 Å². The molecule has 130 valence electrons. The smallest absolute Gasteiger partial charge is 0.315 e. The molecule has 1 atom stereocenters. The van der Waals surface area contributed by atoms with Gasteiger partial charge in [0.2, 0.25) is 0 Å². The first kappa shape index (κ1) is 16.8. The van der Waals surface area contributed by atoms with Crippen molar-refractivity contribution in [2.75, 3.05) is 13.2 Å². The first-order valence-corrected chi connectivity index (χ1v) is 8.68. The molecule has 0 saturated heterocycles. The summed E-state index contributed by atoms with van der Waals surface area (Å²) in [5.74, 6) is 1.36. The number of para-hydroxylation sites is 2. The van der Waals surface area contributed by atoms with Gasteiger partial charge >= 0.3 is 6.03 Å². The second kappa shape index (κ2) is 6.81. The lowest BCUT2D eigenvalue weighted by atomic mass is 9.97. The van der Waals surface area contributed by atoms with Crippen molar-refractivity contribution in [2.24, 2.45) is 5.92 Å². The molecule has 1 aromatic carbocycles. The number of carbonyl (C=O) groups excluding carboxylic acids is 1. The van der Waals surface area contributed by atoms with Crippen molar-refractivity contribution in [3.05, 3.63) is 30.1 Å². The van der Waals surface area contributed by atoms with Crippen LogP contribution in [-0.4, -0.2) is 39.4 Å². The van der Waals surface area contributed by atoms with Crippen LogP contribution in [0.25, 0.3) is 11.0 Å². The van der Waals surface area contributed by atoms with Crippen molar-refractivity contribution in [3.63, 3.8) is 0 Å². The van der Waals surface area contributed by atoms with E-state index in [1.165, 1.54) is 0 Å². The molecule has 2 amide bonds. The maximum atomic E-state index is 12.1. The van der Waals surface area contributed by atoms with Gasteiger partial charge in [-0.3, -0.25) is 0 Å². The zero-order valence-electron chi connectivity index (χ0n) is 14.4. The van der Waals surface area contributed by atoms with Crippen LogP contribution in [0.5, 0.6) is 0 Å². The molecule has 1 saturated carbocycles. The fourth-order valence-corrected chi connectivity index (χ4v) is 3.25. The van der Waals surface area contributed by atoms with E-state index < -0.39 is 5.54 Å². The lowest BCUT2D eigenvalue weighted by Crippen LogP contribution is -2.54. The van der Waals surface area contributed by atoms with E-state index in [2.05, 4.69) is 33.2 Å². The van der Waals surface area contributed by atoms with Gasteiger partial charge in [0.05, 0.1) is 23.2 Å². The molecular formula is C18H26N4O2. The van der Waals surface area contributed by atoms with Gasteiger partial charge in [0.15, 0.2) is 0 Å². The topological polar surface area (TPSA) is 79.2 Å². The molecular weight excluding hydrogens is 304 g/mol. The predicted molar refractivity (Wildman–Crippen MR) is 93.9 cm³/mol. The number of nitrogens with one attached hydrogen (secondary N) is 2. The summed E-state index contributed by atoms with van der Waals surface area (Å²) in [6.45, 7) is 5.34. The number of aryl methyl sites for hydroxylation is 1. The number of aliphatic hydroxyl groups excluding tert-OH is 1. The Morgan fingerprint density at radius 2 is 2.17 bits per heavy atom. The minimum absolute atomic E-state index is 0.0310. The Kier molecular flexibility index (Phi) is 4.76. The number of aliphatic hydroxyl groups is 1. The fourth-order valence-electron chi connectivity index (χ4n) is 3.25. The van der Waals surface area contributed by atoms with Gasteiger partial charge in [-0.15, -0.1) is 0 Å². The normalized spacial score (nSPS) is 16.8. The first-order valence-electron chi connectivity index (χ1n) is 8.68. The summed E-state index contributed by atoms with van der Waals surface area (Å²) in [6, 6.07) is 7.85. The van der Waals surface area contributed by atoms with Crippen LogP contribution in [-0.2, 0) is 13.0 Å². The molecule has 1 heterocycles. The second-order valence-corrected chi connectivity index (χ2v) is 6.74. The Bertz CT molecular complexity index is 723. The maximum Gasteiger partial charge on any atom is 0.315 e. The summed E-state index contributed by atoms with van der Waals surface area (Å²) in [5, 5.41) is 15.3. The van der Waals surface area contributed by atoms with Crippen molar-refractivity contribution in [1.29, 1.82) is 0 Å². The number of fused-ring (bicyclic) bond motifs is 1. The highest BCUT2D eigenvalue weighted by molar-refractivity contribution is 5.76. The highest BCUT2D eigenvalue weighted by Crippen LogP contribution is 2.39. The summed E-state index contributed by atoms with van der Waals surface area (Å²) in [5.41, 5.74) is 1.60. The third-order valence-electron chi connectivity index (χ3n) is 4.89. The van der Waals surface area contributed by atoms with E-state index in [-0.39, 0.29) is 12.6 Å². The quantitative estimate of drug-likeness (QED) is 0.727. The third kappa shape index (κ3) is 3.38. The number of hydrogen-bond donors (Lipinski definition) is 3. The van der Waals surface area contributed by atoms with Crippen molar-refractivity contribution < 1.29 is 9.90 Å². The molecule has 0 radical (unpaired) electrons. The van der Waals surface area contributed by atoms with E-state index in [9.17, 15) is 9.90 Å². The average Bonchev–Trinajstić information content (AvgIpc) is 3.37. The number of hydrogen-bond acceptors (Lipinski definition) is 3. The molecule has 2 aromatic rings. The summed E-state index contributed by atoms with van der Waals surface area (Å²) in [4.78, 5) is 16.8. The maximum absolute atomic E-state index is 12.1. The average molecular weight is 330 g/mol. The van der Waals surface area contributed by atoms with Gasteiger partial charge in [-0.25, -0.2) is 9.78 Å². The van der Waals surface area contributed by atoms with Gasteiger partial charge in [-0.2, -0.15) is 0 Å². The van der Waals surface area contributed by atoms with Crippen molar-refractivity contribution in [1.82, 2.24) is 20.2 Å². The molecule has 1 aliphatic carbocycles. The molecule has 3 rings (SSSR count). The predicted octanol–water partition coefficient (Wildman–Crippen LogP) is 2.06. The lowest BCUT2D eigenvalue weighted by Gasteiger charge is -2.28. The van der Waals surface area contributed by atoms with Crippen LogP contribution in [0.4, 0.5) is 4.79 Å². The van der Waals surface area contributed by atoms with E-state index in [1.807, 2.05) is 25.1 Å². The molecule has 0 spiro atoms. The Morgan fingerprint density at radius 1 is 1.42 bits per heavy atom. The second-order valence-electron chi connectivity index (χ2n) is 6.74. The van der Waals surface area contributed by atoms with Crippen LogP contribution in [0.1, 0.15) is 32.5 Å². The Morgan fingerprint density at radius 3 is 2.83 bits per heavy atom. The van der Waals surface area contributed by atoms with Crippen LogP contribution in [0.3, 0.4) is 0 Å². The first-order chi connectivity index (χ1) is 11.6. The standard InChI is InChI=1S/C18H26N4O2/c1-3-22-15-7-5-4-6-14(15)20-16(22)10-11-19-17(24)21-18(2,12-23)13-8-9-13/h4-7,13,23H,3,8-12H2,1-2H3,(H2,19,21,24)/t18-/m0/s1. The van der Waals surface area contributed by atoms with Crippen LogP contribution >= 0.6 is 0 Å². The Balaban J connectivity index is 1.57. The van der Waals surface area contributed by atoms with Crippen LogP contribution < -0.4 is 10.6 Å². The van der Waals surface area contributed by atoms with E-state index in [4.69, 9.17) is 0 Å². The van der Waals surface area contributed by atoms with E-state index in [1.54, 1.807) is 0 Å². The molecule has 0 bridgehead atoms. The summed E-state index contributed by atoms with van der Waals surface area (Å²) in [6.07, 6.45) is 2.81. The number of urea groups is 1. The SMILES string of the molecule is CCn1c(CCNC(=O)N[C@@](C)(CO)C2CC2)nc2ccccc21. The fraction of sp³-hybridized carbons (Fsp3) is 0.556. The minimum atomic E-state index is -0.513. The molecule has 3 N–H and O–H groups in total. The largest absolute Gasteiger partial charge is 0.394 e. The van der Waals surface area contributed by atoms with E-state index in [0.717, 1.165) is 36.2 Å². The molecule has 1 aliphatic rings. The molecule has 0 unspecified atom stereocenters. The number of benzene rings is 1. The monoisotopic (exact) mass is 330 g/mol. The van der Waals surface area contributed by atoms with Gasteiger partial charge < -0.3 is 20.3 Å². The number of imidazole rings is 1. The van der Waals surface area contributed by atoms with E-state index in [0.29, 0.717) is 18.9 Å². The zero-order valence-corrected chi connectivity index (χ0v) is 14.4. The number of nitrogens with zero attached hydrogens (tertiary/aromatic N) is 2. The molecule has 6 heteroatoms. The molecule has 1 fully saturated rings. The zero-order chi connectivity index (χ0) is 17.2. The van der Waals surface area contributed by atoms with Crippen LogP contribution in [0.2, 0.25) is 0 Å². The number of carbonyl (C=O) groups is 1. The number of aromatic nitrogens is 2. The van der Waals surface area contributed by atoms with Gasteiger partial charge in [-0.05, 0) is 44.7 Å². The van der Waals surface area contributed by atoms with Crippen molar-refractivity contribution in [3.8, 4) is 0 Å². The summed E-state index contributed by atoms with van der Waals surface area (Å²) >= 11 is 0. The Hall–Kier alpha value is -2.08. The lowest BCUT2D eigenvalue weighted by molar-refractivity contribution is 0.155. The number of rotatable bonds is 7. The highest BCUT2D eigenvalue weighted by Gasteiger charge is 2.42. The molecule has 1 aromatic heterocycles. The number of amides is 2. The summed E-state index contributed by atoms with van der Waals surface area (Å²) in [7, 11) is 0. The van der Waals surface area contributed by atoms with Gasteiger partial charge in [-0.1, -0.05) is 12.1 Å². The third-order valence-corrected chi connectivity index (χ3v) is 4.89. The summed E-state index contributed by atoms with van der Waals surface area (Å²) < 4.78 is 2.18. The van der Waals surface area contributed by atoms with Crippen molar-refractivity contribution >= 4 is 17.1 Å². The van der Waals surface area contributed by atoms with Gasteiger partial charge in [0.25, 0.3) is 0 Å². The highest BCUT2D eigenvalue weighted by atomic mass is 16.3. The van der Waals surface area contributed by atoms with E-state index >= 15 is 0 Å². The van der Waals surface area contributed by atoms with Crippen molar-refractivity contribution in [2.45, 2.75) is 45.2 Å². The molecule has 24 heavy (non-hydrogen) atoms. The molecule has 0 aliphatic heterocycles. The molecule has 6 nitrogen and oxygen atoms in total. The minimum Gasteiger partial charge on any atom is -0.394 e.